The SMILES string of the molecule is N#CCS(=O)(=O)N[C@H](C(=O)O)c1ccccc1. The van der Waals surface area contributed by atoms with Crippen molar-refractivity contribution in [3.8, 4) is 6.07 Å². The average Bonchev–Trinajstić information content (AvgIpc) is 2.27. The lowest BCUT2D eigenvalue weighted by atomic mass is 10.1. The molecule has 0 saturated carbocycles. The van der Waals surface area contributed by atoms with E-state index in [4.69, 9.17) is 10.4 Å². The second kappa shape index (κ2) is 5.43. The Labute approximate surface area is 98.6 Å². The number of benzene rings is 1. The van der Waals surface area contributed by atoms with Crippen LogP contribution in [-0.2, 0) is 14.8 Å². The Bertz CT molecular complexity index is 533. The van der Waals surface area contributed by atoms with Gasteiger partial charge in [0.2, 0.25) is 10.0 Å². The van der Waals surface area contributed by atoms with E-state index in [1.165, 1.54) is 18.2 Å². The fourth-order valence-corrected chi connectivity index (χ4v) is 2.06. The lowest BCUT2D eigenvalue weighted by Gasteiger charge is -2.13. The summed E-state index contributed by atoms with van der Waals surface area (Å²) in [6.45, 7) is 0. The maximum Gasteiger partial charge on any atom is 0.326 e. The molecule has 6 nitrogen and oxygen atoms in total. The number of nitrogens with zero attached hydrogens (tertiary/aromatic N) is 1. The molecule has 1 aromatic rings. The molecule has 0 fully saturated rings. The highest BCUT2D eigenvalue weighted by Gasteiger charge is 2.25. The molecule has 1 rings (SSSR count). The molecule has 0 heterocycles. The number of hydrogen-bond donors (Lipinski definition) is 2. The van der Waals surface area contributed by atoms with Gasteiger partial charge in [0.05, 0.1) is 6.07 Å². The first-order chi connectivity index (χ1) is 7.96. The van der Waals surface area contributed by atoms with Gasteiger partial charge in [0.15, 0.2) is 5.75 Å². The van der Waals surface area contributed by atoms with Gasteiger partial charge >= 0.3 is 5.97 Å². The zero-order valence-electron chi connectivity index (χ0n) is 8.70. The minimum Gasteiger partial charge on any atom is -0.480 e. The third kappa shape index (κ3) is 3.86. The highest BCUT2D eigenvalue weighted by atomic mass is 32.2. The summed E-state index contributed by atoms with van der Waals surface area (Å²) in [6.07, 6.45) is 0. The predicted octanol–water partition coefficient (Wildman–Crippen LogP) is 0.255. The highest BCUT2D eigenvalue weighted by molar-refractivity contribution is 7.89. The van der Waals surface area contributed by atoms with E-state index in [9.17, 15) is 13.2 Å². The molecule has 0 aliphatic carbocycles. The van der Waals surface area contributed by atoms with Gasteiger partial charge in [-0.2, -0.15) is 9.98 Å². The zero-order valence-corrected chi connectivity index (χ0v) is 9.52. The smallest absolute Gasteiger partial charge is 0.326 e. The van der Waals surface area contributed by atoms with E-state index >= 15 is 0 Å². The van der Waals surface area contributed by atoms with E-state index in [2.05, 4.69) is 0 Å². The summed E-state index contributed by atoms with van der Waals surface area (Å²) in [5, 5.41) is 17.3. The van der Waals surface area contributed by atoms with Crippen LogP contribution in [0.4, 0.5) is 0 Å². The van der Waals surface area contributed by atoms with Crippen LogP contribution in [0.15, 0.2) is 30.3 Å². The Morgan fingerprint density at radius 1 is 1.41 bits per heavy atom. The molecule has 0 aromatic heterocycles. The van der Waals surface area contributed by atoms with Crippen LogP contribution in [-0.4, -0.2) is 25.2 Å². The number of nitrogens with one attached hydrogen (secondary N) is 1. The van der Waals surface area contributed by atoms with E-state index < -0.39 is 27.8 Å². The number of carboxylic acid groups (broad SMARTS) is 1. The molecule has 0 bridgehead atoms. The van der Waals surface area contributed by atoms with Crippen LogP contribution < -0.4 is 4.72 Å². The molecular formula is C10H10N2O4S. The van der Waals surface area contributed by atoms with Crippen molar-refractivity contribution < 1.29 is 18.3 Å². The van der Waals surface area contributed by atoms with Crippen molar-refractivity contribution in [2.75, 3.05) is 5.75 Å². The Morgan fingerprint density at radius 2 is 2.00 bits per heavy atom. The largest absolute Gasteiger partial charge is 0.480 e. The molecule has 1 aromatic carbocycles. The van der Waals surface area contributed by atoms with Gasteiger partial charge in [-0.15, -0.1) is 0 Å². The minimum atomic E-state index is -3.92. The average molecular weight is 254 g/mol. The third-order valence-electron chi connectivity index (χ3n) is 1.93. The summed E-state index contributed by atoms with van der Waals surface area (Å²) >= 11 is 0. The van der Waals surface area contributed by atoms with Crippen LogP contribution in [0, 0.1) is 11.3 Å². The summed E-state index contributed by atoms with van der Waals surface area (Å²) < 4.78 is 24.6. The second-order valence-corrected chi connectivity index (χ2v) is 4.97. The molecule has 0 aliphatic rings. The van der Waals surface area contributed by atoms with E-state index in [-0.39, 0.29) is 0 Å². The van der Waals surface area contributed by atoms with Crippen LogP contribution >= 0.6 is 0 Å². The normalized spacial score (nSPS) is 12.6. The maximum absolute atomic E-state index is 11.3. The lowest BCUT2D eigenvalue weighted by Crippen LogP contribution is -2.34. The molecule has 1 atom stereocenters. The molecule has 0 amide bonds. The number of sulfonamides is 1. The monoisotopic (exact) mass is 254 g/mol. The summed E-state index contributed by atoms with van der Waals surface area (Å²) in [5.41, 5.74) is 0.307. The molecule has 0 unspecified atom stereocenters. The Hall–Kier alpha value is -1.91. The summed E-state index contributed by atoms with van der Waals surface area (Å²) in [4.78, 5) is 11.0. The zero-order chi connectivity index (χ0) is 12.9. The lowest BCUT2D eigenvalue weighted by molar-refractivity contribution is -0.139. The number of carboxylic acids is 1. The van der Waals surface area contributed by atoms with Crippen molar-refractivity contribution >= 4 is 16.0 Å². The standard InChI is InChI=1S/C10H10N2O4S/c11-6-7-17(15,16)12-9(10(13)14)8-4-2-1-3-5-8/h1-5,9,12H,7H2,(H,13,14)/t9-/m0/s1. The summed E-state index contributed by atoms with van der Waals surface area (Å²) in [5.74, 6) is -2.10. The maximum atomic E-state index is 11.3. The number of nitriles is 1. The van der Waals surface area contributed by atoms with Crippen LogP contribution in [0.1, 0.15) is 11.6 Å². The van der Waals surface area contributed by atoms with Crippen molar-refractivity contribution in [3.63, 3.8) is 0 Å². The van der Waals surface area contributed by atoms with Gasteiger partial charge in [-0.05, 0) is 5.56 Å². The van der Waals surface area contributed by atoms with E-state index in [0.717, 1.165) is 0 Å². The predicted molar refractivity (Wildman–Crippen MR) is 59.4 cm³/mol. The van der Waals surface area contributed by atoms with Crippen molar-refractivity contribution in [1.29, 1.82) is 5.26 Å². The van der Waals surface area contributed by atoms with Gasteiger partial charge in [0, 0.05) is 0 Å². The summed E-state index contributed by atoms with van der Waals surface area (Å²) in [6, 6.07) is 7.96. The number of carbonyl (C=O) groups is 1. The van der Waals surface area contributed by atoms with Crippen LogP contribution in [0.2, 0.25) is 0 Å². The fraction of sp³-hybridized carbons (Fsp3) is 0.200. The molecule has 0 saturated heterocycles. The van der Waals surface area contributed by atoms with Gasteiger partial charge in [-0.3, -0.25) is 4.79 Å². The Balaban J connectivity index is 2.98. The fourth-order valence-electron chi connectivity index (χ4n) is 1.21. The molecular weight excluding hydrogens is 244 g/mol. The van der Waals surface area contributed by atoms with Crippen molar-refractivity contribution in [3.05, 3.63) is 35.9 Å². The van der Waals surface area contributed by atoms with Crippen molar-refractivity contribution in [2.24, 2.45) is 0 Å². The number of rotatable bonds is 5. The van der Waals surface area contributed by atoms with Gasteiger partial charge in [-0.1, -0.05) is 30.3 Å². The van der Waals surface area contributed by atoms with E-state index in [1.54, 1.807) is 18.2 Å². The van der Waals surface area contributed by atoms with Gasteiger partial charge < -0.3 is 5.11 Å². The minimum absolute atomic E-state index is 0.307. The highest BCUT2D eigenvalue weighted by Crippen LogP contribution is 2.13. The van der Waals surface area contributed by atoms with E-state index in [0.29, 0.717) is 5.56 Å². The molecule has 0 aliphatic heterocycles. The third-order valence-corrected chi connectivity index (χ3v) is 3.04. The molecule has 17 heavy (non-hydrogen) atoms. The quantitative estimate of drug-likeness (QED) is 0.783. The number of aliphatic carboxylic acids is 1. The molecule has 7 heteroatoms. The van der Waals surface area contributed by atoms with Crippen molar-refractivity contribution in [2.45, 2.75) is 6.04 Å². The first-order valence-corrected chi connectivity index (χ1v) is 6.26. The van der Waals surface area contributed by atoms with Gasteiger partial charge in [0.25, 0.3) is 0 Å². The second-order valence-electron chi connectivity index (χ2n) is 3.22. The van der Waals surface area contributed by atoms with Crippen LogP contribution in [0.5, 0.6) is 0 Å². The van der Waals surface area contributed by atoms with Gasteiger partial charge in [0.1, 0.15) is 6.04 Å². The Kier molecular flexibility index (Phi) is 4.20. The molecule has 0 spiro atoms. The molecule has 90 valence electrons. The summed E-state index contributed by atoms with van der Waals surface area (Å²) in [7, 11) is -3.92. The first kappa shape index (κ1) is 13.2. The number of hydrogen-bond acceptors (Lipinski definition) is 4. The Morgan fingerprint density at radius 3 is 2.47 bits per heavy atom. The molecule has 0 radical (unpaired) electrons. The van der Waals surface area contributed by atoms with E-state index in [1.807, 2.05) is 4.72 Å². The topological polar surface area (TPSA) is 107 Å². The van der Waals surface area contributed by atoms with Gasteiger partial charge in [-0.25, -0.2) is 8.42 Å². The van der Waals surface area contributed by atoms with Crippen molar-refractivity contribution in [1.82, 2.24) is 4.72 Å². The van der Waals surface area contributed by atoms with Crippen LogP contribution in [0.3, 0.4) is 0 Å². The van der Waals surface area contributed by atoms with Crippen LogP contribution in [0.25, 0.3) is 0 Å². The first-order valence-electron chi connectivity index (χ1n) is 4.61. The molecule has 2 N–H and O–H groups in total.